The van der Waals surface area contributed by atoms with Crippen LogP contribution in [0.4, 0.5) is 5.69 Å². The molecule has 1 aliphatic rings. The number of thiophene rings is 1. The molecule has 0 spiro atoms. The Morgan fingerprint density at radius 1 is 1.39 bits per heavy atom. The second kappa shape index (κ2) is 7.95. The van der Waals surface area contributed by atoms with E-state index in [1.54, 1.807) is 39.0 Å². The monoisotopic (exact) mass is 419 g/mol. The molecule has 0 aliphatic carbocycles. The average Bonchev–Trinajstić information content (AvgIpc) is 3.16. The Bertz CT molecular complexity index is 938. The molecule has 3 N–H and O–H groups in total. The van der Waals surface area contributed by atoms with Gasteiger partial charge in [-0.15, -0.1) is 11.3 Å². The Morgan fingerprint density at radius 3 is 2.79 bits per heavy atom. The minimum Gasteiger partial charge on any atom is -0.477 e. The van der Waals surface area contributed by atoms with Gasteiger partial charge in [0.2, 0.25) is 5.91 Å². The fourth-order valence-corrected chi connectivity index (χ4v) is 3.92. The lowest BCUT2D eigenvalue weighted by Crippen LogP contribution is -2.57. The van der Waals surface area contributed by atoms with Crippen LogP contribution in [0, 0.1) is 0 Å². The molecule has 0 saturated carbocycles. The topological polar surface area (TPSA) is 84.7 Å². The quantitative estimate of drug-likeness (QED) is 0.771. The number of nitrogens with zero attached hydrogens (tertiary/aromatic N) is 1. The van der Waals surface area contributed by atoms with E-state index in [0.29, 0.717) is 22.0 Å². The third-order valence-corrected chi connectivity index (χ3v) is 5.88. The lowest BCUT2D eigenvalue weighted by atomic mass is 9.98. The van der Waals surface area contributed by atoms with Crippen LogP contribution in [-0.2, 0) is 20.9 Å². The Morgan fingerprint density at radius 2 is 2.14 bits per heavy atom. The molecule has 1 aromatic heterocycles. The van der Waals surface area contributed by atoms with Gasteiger partial charge in [-0.1, -0.05) is 23.7 Å². The van der Waals surface area contributed by atoms with E-state index < -0.39 is 5.54 Å². The maximum Gasteiger partial charge on any atom is 0.262 e. The van der Waals surface area contributed by atoms with E-state index >= 15 is 0 Å². The molecule has 0 radical (unpaired) electrons. The first kappa shape index (κ1) is 20.4. The van der Waals surface area contributed by atoms with E-state index in [4.69, 9.17) is 22.1 Å². The van der Waals surface area contributed by atoms with Gasteiger partial charge in [-0.05, 0) is 49.9 Å². The molecule has 3 rings (SSSR count). The lowest BCUT2D eigenvalue weighted by Gasteiger charge is -2.40. The number of carbonyl (C=O) groups is 2. The number of nitrogens with two attached hydrogens (primary N) is 1. The third-order valence-electron chi connectivity index (χ3n) is 4.76. The number of anilines is 1. The third kappa shape index (κ3) is 3.78. The van der Waals surface area contributed by atoms with Gasteiger partial charge in [0.25, 0.3) is 5.91 Å². The van der Waals surface area contributed by atoms with Crippen molar-refractivity contribution in [3.8, 4) is 0 Å². The molecule has 0 bridgehead atoms. The largest absolute Gasteiger partial charge is 0.477 e. The number of nitrogens with one attached hydrogen (secondary N) is 1. The Labute approximate surface area is 172 Å². The van der Waals surface area contributed by atoms with Crippen LogP contribution in [-0.4, -0.2) is 29.0 Å². The van der Waals surface area contributed by atoms with Crippen LogP contribution in [0.2, 0.25) is 5.02 Å². The standard InChI is InChI=1S/C20H22ClN3O3S/c1-12-17(16-5-4-8-28-16)18(25)24(11-27-12)20(2,3)19(26)23-15-9-14(21)7-6-13(15)10-22/h4-9H,10-11,22H2,1-3H3,(H,23,26). The maximum absolute atomic E-state index is 13.2. The van der Waals surface area contributed by atoms with Crippen molar-refractivity contribution in [2.75, 3.05) is 12.0 Å². The first-order valence-electron chi connectivity index (χ1n) is 8.75. The van der Waals surface area contributed by atoms with Crippen LogP contribution in [0.5, 0.6) is 0 Å². The van der Waals surface area contributed by atoms with Gasteiger partial charge in [-0.25, -0.2) is 0 Å². The van der Waals surface area contributed by atoms with Crippen molar-refractivity contribution in [1.29, 1.82) is 0 Å². The summed E-state index contributed by atoms with van der Waals surface area (Å²) in [6.07, 6.45) is 0. The first-order chi connectivity index (χ1) is 13.3. The number of ether oxygens (including phenoxy) is 1. The molecule has 8 heteroatoms. The summed E-state index contributed by atoms with van der Waals surface area (Å²) in [7, 11) is 0. The molecule has 0 saturated heterocycles. The number of hydrogen-bond acceptors (Lipinski definition) is 5. The maximum atomic E-state index is 13.2. The number of allylic oxidation sites excluding steroid dienone is 1. The van der Waals surface area contributed by atoms with E-state index in [2.05, 4.69) is 5.32 Å². The molecule has 0 unspecified atom stereocenters. The summed E-state index contributed by atoms with van der Waals surface area (Å²) >= 11 is 7.51. The molecule has 2 heterocycles. The van der Waals surface area contributed by atoms with Gasteiger partial charge in [0, 0.05) is 22.1 Å². The van der Waals surface area contributed by atoms with Crippen molar-refractivity contribution in [2.24, 2.45) is 5.73 Å². The molecule has 1 aliphatic heterocycles. The number of amides is 2. The van der Waals surface area contributed by atoms with Crippen LogP contribution in [0.1, 0.15) is 31.2 Å². The van der Waals surface area contributed by atoms with Crippen LogP contribution < -0.4 is 11.1 Å². The van der Waals surface area contributed by atoms with Gasteiger partial charge in [-0.2, -0.15) is 0 Å². The number of hydrogen-bond donors (Lipinski definition) is 2. The smallest absolute Gasteiger partial charge is 0.262 e. The first-order valence-corrected chi connectivity index (χ1v) is 10.0. The van der Waals surface area contributed by atoms with Crippen molar-refractivity contribution < 1.29 is 14.3 Å². The molecule has 28 heavy (non-hydrogen) atoms. The summed E-state index contributed by atoms with van der Waals surface area (Å²) in [5, 5.41) is 5.24. The van der Waals surface area contributed by atoms with E-state index in [-0.39, 0.29) is 25.1 Å². The Balaban J connectivity index is 1.87. The van der Waals surface area contributed by atoms with Crippen LogP contribution in [0.25, 0.3) is 5.57 Å². The molecule has 2 amide bonds. The molecule has 148 valence electrons. The number of carbonyl (C=O) groups excluding carboxylic acids is 2. The second-order valence-corrected chi connectivity index (χ2v) is 8.32. The zero-order chi connectivity index (χ0) is 20.5. The summed E-state index contributed by atoms with van der Waals surface area (Å²) in [5.74, 6) is -0.0387. The highest BCUT2D eigenvalue weighted by atomic mass is 35.5. The fraction of sp³-hybridized carbons (Fsp3) is 0.300. The molecular weight excluding hydrogens is 398 g/mol. The fourth-order valence-electron chi connectivity index (χ4n) is 2.93. The number of rotatable bonds is 5. The highest BCUT2D eigenvalue weighted by Gasteiger charge is 2.42. The highest BCUT2D eigenvalue weighted by molar-refractivity contribution is 7.11. The van der Waals surface area contributed by atoms with Gasteiger partial charge in [0.1, 0.15) is 11.3 Å². The molecule has 6 nitrogen and oxygen atoms in total. The minimum atomic E-state index is -1.16. The molecule has 0 fully saturated rings. The summed E-state index contributed by atoms with van der Waals surface area (Å²) in [4.78, 5) is 28.5. The second-order valence-electron chi connectivity index (χ2n) is 6.93. The van der Waals surface area contributed by atoms with E-state index in [1.165, 1.54) is 16.2 Å². The van der Waals surface area contributed by atoms with Gasteiger partial charge in [-0.3, -0.25) is 14.5 Å². The Kier molecular flexibility index (Phi) is 5.79. The van der Waals surface area contributed by atoms with Crippen LogP contribution in [0.3, 0.4) is 0 Å². The van der Waals surface area contributed by atoms with Gasteiger partial charge in [0.15, 0.2) is 6.73 Å². The summed E-state index contributed by atoms with van der Waals surface area (Å²) in [6, 6.07) is 8.86. The normalized spacial score (nSPS) is 14.9. The van der Waals surface area contributed by atoms with E-state index in [0.717, 1.165) is 10.4 Å². The molecular formula is C20H22ClN3O3S. The predicted molar refractivity (Wildman–Crippen MR) is 112 cm³/mol. The Hall–Kier alpha value is -2.35. The lowest BCUT2D eigenvalue weighted by molar-refractivity contribution is -0.147. The summed E-state index contributed by atoms with van der Waals surface area (Å²) in [6.45, 7) is 5.38. The van der Waals surface area contributed by atoms with Crippen molar-refractivity contribution in [3.05, 3.63) is 56.9 Å². The predicted octanol–water partition coefficient (Wildman–Crippen LogP) is 3.82. The van der Waals surface area contributed by atoms with Crippen molar-refractivity contribution in [2.45, 2.75) is 32.9 Å². The minimum absolute atomic E-state index is 0.000740. The zero-order valence-electron chi connectivity index (χ0n) is 15.9. The molecule has 0 atom stereocenters. The molecule has 1 aromatic carbocycles. The SMILES string of the molecule is CC1=C(c2cccs2)C(=O)N(C(C)(C)C(=O)Nc2cc(Cl)ccc2CN)CO1. The van der Waals surface area contributed by atoms with Crippen molar-refractivity contribution >= 4 is 46.0 Å². The summed E-state index contributed by atoms with van der Waals surface area (Å²) < 4.78 is 5.72. The van der Waals surface area contributed by atoms with Crippen molar-refractivity contribution in [3.63, 3.8) is 0 Å². The average molecular weight is 420 g/mol. The zero-order valence-corrected chi connectivity index (χ0v) is 17.5. The van der Waals surface area contributed by atoms with Gasteiger partial charge in [0.05, 0.1) is 5.57 Å². The van der Waals surface area contributed by atoms with Crippen molar-refractivity contribution in [1.82, 2.24) is 4.90 Å². The van der Waals surface area contributed by atoms with E-state index in [1.807, 2.05) is 17.5 Å². The highest BCUT2D eigenvalue weighted by Crippen LogP contribution is 2.33. The summed E-state index contributed by atoms with van der Waals surface area (Å²) in [5.41, 5.74) is 6.36. The van der Waals surface area contributed by atoms with E-state index in [9.17, 15) is 9.59 Å². The molecule has 2 aromatic rings. The van der Waals surface area contributed by atoms with Crippen LogP contribution in [0.15, 0.2) is 41.5 Å². The number of halogens is 1. The van der Waals surface area contributed by atoms with Gasteiger partial charge < -0.3 is 15.8 Å². The number of benzene rings is 1. The van der Waals surface area contributed by atoms with Gasteiger partial charge >= 0.3 is 0 Å². The van der Waals surface area contributed by atoms with Crippen LogP contribution >= 0.6 is 22.9 Å².